The lowest BCUT2D eigenvalue weighted by Crippen LogP contribution is -2.52. The molecule has 0 saturated carbocycles. The molecule has 2 atom stereocenters. The summed E-state index contributed by atoms with van der Waals surface area (Å²) in [6.07, 6.45) is 1.19. The van der Waals surface area contributed by atoms with Gasteiger partial charge in [0.05, 0.1) is 5.75 Å². The number of carbonyl (C=O) groups is 2. The molecule has 8 heteroatoms. The zero-order valence-corrected chi connectivity index (χ0v) is 24.0. The second kappa shape index (κ2) is 14.7. The minimum atomic E-state index is -0.695. The Morgan fingerprint density at radius 2 is 1.62 bits per heavy atom. The summed E-state index contributed by atoms with van der Waals surface area (Å²) in [7, 11) is 0. The van der Waals surface area contributed by atoms with Crippen molar-refractivity contribution in [2.24, 2.45) is 0 Å². The number of benzene rings is 3. The van der Waals surface area contributed by atoms with Gasteiger partial charge in [0.1, 0.15) is 6.04 Å². The number of thioether (sulfide) groups is 1. The molecule has 0 unspecified atom stereocenters. The van der Waals surface area contributed by atoms with Crippen LogP contribution in [0.5, 0.6) is 0 Å². The minimum Gasteiger partial charge on any atom is -0.352 e. The molecule has 0 aliphatic rings. The summed E-state index contributed by atoms with van der Waals surface area (Å²) in [5.41, 5.74) is 2.67. The number of halogens is 3. The van der Waals surface area contributed by atoms with Crippen molar-refractivity contribution in [3.63, 3.8) is 0 Å². The first kappa shape index (κ1) is 29.4. The van der Waals surface area contributed by atoms with Crippen molar-refractivity contribution in [3.8, 4) is 0 Å². The van der Waals surface area contributed by atoms with Crippen molar-refractivity contribution in [2.45, 2.75) is 51.1 Å². The highest BCUT2D eigenvalue weighted by Crippen LogP contribution is 2.26. The van der Waals surface area contributed by atoms with Gasteiger partial charge in [0.25, 0.3) is 0 Å². The maximum Gasteiger partial charge on any atom is 0.243 e. The first-order valence-corrected chi connectivity index (χ1v) is 14.5. The van der Waals surface area contributed by atoms with Crippen LogP contribution < -0.4 is 5.32 Å². The molecule has 0 saturated heterocycles. The van der Waals surface area contributed by atoms with Crippen LogP contribution in [0.2, 0.25) is 15.1 Å². The molecule has 196 valence electrons. The Balaban J connectivity index is 1.87. The van der Waals surface area contributed by atoms with E-state index in [0.717, 1.165) is 23.1 Å². The molecule has 3 rings (SSSR count). The molecule has 0 aliphatic heterocycles. The molecule has 3 aromatic rings. The summed E-state index contributed by atoms with van der Waals surface area (Å²) >= 11 is 20.2. The maximum absolute atomic E-state index is 13.7. The maximum atomic E-state index is 13.7. The molecule has 0 heterocycles. The van der Waals surface area contributed by atoms with Gasteiger partial charge in [-0.15, -0.1) is 11.8 Å². The lowest BCUT2D eigenvalue weighted by Gasteiger charge is -2.32. The quantitative estimate of drug-likeness (QED) is 0.243. The van der Waals surface area contributed by atoms with E-state index >= 15 is 0 Å². The van der Waals surface area contributed by atoms with Crippen LogP contribution in [-0.4, -0.2) is 34.6 Å². The van der Waals surface area contributed by atoms with E-state index in [9.17, 15) is 9.59 Å². The number of nitrogens with one attached hydrogen (secondary N) is 1. The Morgan fingerprint density at radius 1 is 0.919 bits per heavy atom. The predicted octanol–water partition coefficient (Wildman–Crippen LogP) is 7.43. The van der Waals surface area contributed by atoms with E-state index in [-0.39, 0.29) is 30.2 Å². The van der Waals surface area contributed by atoms with Gasteiger partial charge in [0.2, 0.25) is 11.8 Å². The topological polar surface area (TPSA) is 49.4 Å². The average Bonchev–Trinajstić information content (AvgIpc) is 2.88. The smallest absolute Gasteiger partial charge is 0.243 e. The normalized spacial score (nSPS) is 12.6. The minimum absolute atomic E-state index is 0.00976. The first-order chi connectivity index (χ1) is 17.8. The van der Waals surface area contributed by atoms with Crippen LogP contribution in [0.3, 0.4) is 0 Å². The van der Waals surface area contributed by atoms with E-state index in [4.69, 9.17) is 34.8 Å². The summed E-state index contributed by atoms with van der Waals surface area (Å²) in [6, 6.07) is 21.8. The monoisotopic (exact) mass is 576 g/mol. The van der Waals surface area contributed by atoms with E-state index in [1.165, 1.54) is 11.8 Å². The third kappa shape index (κ3) is 8.96. The van der Waals surface area contributed by atoms with Crippen molar-refractivity contribution in [1.29, 1.82) is 0 Å². The first-order valence-electron chi connectivity index (χ1n) is 12.2. The Labute approximate surface area is 238 Å². The van der Waals surface area contributed by atoms with Gasteiger partial charge in [0.15, 0.2) is 0 Å². The summed E-state index contributed by atoms with van der Waals surface area (Å²) in [4.78, 5) is 28.9. The number of hydrogen-bond acceptors (Lipinski definition) is 3. The van der Waals surface area contributed by atoms with Gasteiger partial charge in [0, 0.05) is 39.8 Å². The highest BCUT2D eigenvalue weighted by Gasteiger charge is 2.31. The van der Waals surface area contributed by atoms with Crippen molar-refractivity contribution >= 4 is 58.4 Å². The fraction of sp³-hybridized carbons (Fsp3) is 0.310. The molecule has 3 aromatic carbocycles. The Hall–Kier alpha value is -2.18. The van der Waals surface area contributed by atoms with Gasteiger partial charge in [-0.1, -0.05) is 96.3 Å². The predicted molar refractivity (Wildman–Crippen MR) is 156 cm³/mol. The van der Waals surface area contributed by atoms with E-state index in [0.29, 0.717) is 27.2 Å². The lowest BCUT2D eigenvalue weighted by molar-refractivity contribution is -0.139. The van der Waals surface area contributed by atoms with Crippen LogP contribution in [0.4, 0.5) is 0 Å². The number of rotatable bonds is 12. The van der Waals surface area contributed by atoms with Gasteiger partial charge in [-0.25, -0.2) is 0 Å². The van der Waals surface area contributed by atoms with Crippen LogP contribution in [-0.2, 0) is 28.3 Å². The van der Waals surface area contributed by atoms with Crippen LogP contribution in [0.1, 0.15) is 37.0 Å². The van der Waals surface area contributed by atoms with Gasteiger partial charge < -0.3 is 10.2 Å². The van der Waals surface area contributed by atoms with Gasteiger partial charge in [-0.05, 0) is 48.2 Å². The Morgan fingerprint density at radius 3 is 2.30 bits per heavy atom. The number of nitrogens with zero attached hydrogens (tertiary/aromatic N) is 1. The molecule has 0 fully saturated rings. The Kier molecular flexibility index (Phi) is 11.7. The van der Waals surface area contributed by atoms with E-state index in [1.54, 1.807) is 23.1 Å². The average molecular weight is 578 g/mol. The van der Waals surface area contributed by atoms with E-state index in [2.05, 4.69) is 5.32 Å². The molecular formula is C29H31Cl3N2O2S. The fourth-order valence-electron chi connectivity index (χ4n) is 3.78. The lowest BCUT2D eigenvalue weighted by atomic mass is 10.0. The highest BCUT2D eigenvalue weighted by molar-refractivity contribution is 7.99. The van der Waals surface area contributed by atoms with Crippen LogP contribution in [0, 0.1) is 0 Å². The standard InChI is InChI=1S/C29H31Cl3N2O2S/c1-3-20(2)33-29(36)27(15-21-9-5-4-6-10-21)34(17-22-11-7-8-12-25(22)31)28(35)19-37-18-23-13-14-24(30)16-26(23)32/h4-14,16,20,27H,3,15,17-19H2,1-2H3,(H,33,36)/t20-,27+/m0/s1. The van der Waals surface area contributed by atoms with Crippen LogP contribution >= 0.6 is 46.6 Å². The molecule has 4 nitrogen and oxygen atoms in total. The fourth-order valence-corrected chi connectivity index (χ4v) is 5.44. The third-order valence-electron chi connectivity index (χ3n) is 6.07. The summed E-state index contributed by atoms with van der Waals surface area (Å²) in [6.45, 7) is 4.21. The Bertz CT molecular complexity index is 1190. The second-order valence-corrected chi connectivity index (χ2v) is 11.1. The van der Waals surface area contributed by atoms with Crippen LogP contribution in [0.15, 0.2) is 72.8 Å². The zero-order chi connectivity index (χ0) is 26.8. The van der Waals surface area contributed by atoms with Crippen molar-refractivity contribution in [1.82, 2.24) is 10.2 Å². The highest BCUT2D eigenvalue weighted by atomic mass is 35.5. The van der Waals surface area contributed by atoms with Gasteiger partial charge in [-0.3, -0.25) is 9.59 Å². The van der Waals surface area contributed by atoms with Crippen molar-refractivity contribution in [3.05, 3.63) is 105 Å². The number of carbonyl (C=O) groups excluding carboxylic acids is 2. The third-order valence-corrected chi connectivity index (χ3v) is 7.99. The molecule has 1 N–H and O–H groups in total. The second-order valence-electron chi connectivity index (χ2n) is 8.86. The summed E-state index contributed by atoms with van der Waals surface area (Å²) in [5, 5.41) is 4.77. The number of amides is 2. The molecular weight excluding hydrogens is 547 g/mol. The summed E-state index contributed by atoms with van der Waals surface area (Å²) in [5.74, 6) is 0.412. The van der Waals surface area contributed by atoms with Gasteiger partial charge >= 0.3 is 0 Å². The molecule has 0 spiro atoms. The van der Waals surface area contributed by atoms with Crippen LogP contribution in [0.25, 0.3) is 0 Å². The molecule has 2 amide bonds. The van der Waals surface area contributed by atoms with Gasteiger partial charge in [-0.2, -0.15) is 0 Å². The summed E-state index contributed by atoms with van der Waals surface area (Å²) < 4.78 is 0. The largest absolute Gasteiger partial charge is 0.352 e. The zero-order valence-electron chi connectivity index (χ0n) is 20.9. The SMILES string of the molecule is CC[C@H](C)NC(=O)[C@@H](Cc1ccccc1)N(Cc1ccccc1Cl)C(=O)CSCc1ccc(Cl)cc1Cl. The van der Waals surface area contributed by atoms with Crippen molar-refractivity contribution in [2.75, 3.05) is 5.75 Å². The molecule has 37 heavy (non-hydrogen) atoms. The molecule has 0 aromatic heterocycles. The van der Waals surface area contributed by atoms with E-state index < -0.39 is 6.04 Å². The molecule has 0 radical (unpaired) electrons. The van der Waals surface area contributed by atoms with E-state index in [1.807, 2.05) is 68.4 Å². The molecule has 0 bridgehead atoms. The number of hydrogen-bond donors (Lipinski definition) is 1. The van der Waals surface area contributed by atoms with Crippen molar-refractivity contribution < 1.29 is 9.59 Å². The molecule has 0 aliphatic carbocycles.